The minimum absolute atomic E-state index is 0.241. The Hall–Kier alpha value is -2.10. The highest BCUT2D eigenvalue weighted by Crippen LogP contribution is 2.29. The number of fused-ring (bicyclic) bond motifs is 1. The molecule has 1 aromatic carbocycles. The lowest BCUT2D eigenvalue weighted by atomic mass is 9.82. The van der Waals surface area contributed by atoms with Crippen molar-refractivity contribution in [3.05, 3.63) is 68.0 Å². The molecule has 1 heterocycles. The number of rotatable bonds is 1. The van der Waals surface area contributed by atoms with Gasteiger partial charge in [0.25, 0.3) is 5.56 Å². The highest BCUT2D eigenvalue weighted by atomic mass is 16.2. The van der Waals surface area contributed by atoms with Gasteiger partial charge >= 0.3 is 5.69 Å². The number of aromatic amines is 2. The monoisotopic (exact) mass is 242 g/mol. The summed E-state index contributed by atoms with van der Waals surface area (Å²) >= 11 is 0. The number of nitrogens with one attached hydrogen (secondary N) is 2. The maximum absolute atomic E-state index is 11.8. The third-order valence-electron chi connectivity index (χ3n) is 3.59. The van der Waals surface area contributed by atoms with Crippen molar-refractivity contribution in [1.29, 1.82) is 0 Å². The minimum atomic E-state index is -0.406. The smallest absolute Gasteiger partial charge is 0.311 e. The summed E-state index contributed by atoms with van der Waals surface area (Å²) in [5.41, 5.74) is 2.14. The van der Waals surface area contributed by atoms with Gasteiger partial charge in [-0.25, -0.2) is 4.79 Å². The molecule has 0 unspecified atom stereocenters. The molecule has 0 fully saturated rings. The molecule has 0 bridgehead atoms. The first kappa shape index (κ1) is 11.0. The number of hydrogen-bond acceptors (Lipinski definition) is 2. The van der Waals surface area contributed by atoms with Crippen LogP contribution in [0.1, 0.15) is 29.2 Å². The fraction of sp³-hybridized carbons (Fsp3) is 0.286. The van der Waals surface area contributed by atoms with E-state index >= 15 is 0 Å². The predicted molar refractivity (Wildman–Crippen MR) is 68.9 cm³/mol. The van der Waals surface area contributed by atoms with Crippen molar-refractivity contribution in [1.82, 2.24) is 9.97 Å². The van der Waals surface area contributed by atoms with E-state index in [9.17, 15) is 9.59 Å². The van der Waals surface area contributed by atoms with Crippen LogP contribution in [0.25, 0.3) is 0 Å². The van der Waals surface area contributed by atoms with Crippen molar-refractivity contribution in [3.63, 3.8) is 0 Å². The van der Waals surface area contributed by atoms with Gasteiger partial charge in [0.15, 0.2) is 0 Å². The molecule has 4 nitrogen and oxygen atoms in total. The van der Waals surface area contributed by atoms with Crippen LogP contribution >= 0.6 is 0 Å². The molecule has 4 heteroatoms. The summed E-state index contributed by atoms with van der Waals surface area (Å²) in [7, 11) is 0. The van der Waals surface area contributed by atoms with E-state index in [1.165, 1.54) is 5.56 Å². The van der Waals surface area contributed by atoms with Gasteiger partial charge in [0.05, 0.1) is 0 Å². The first-order chi connectivity index (χ1) is 8.74. The van der Waals surface area contributed by atoms with Crippen molar-refractivity contribution in [2.45, 2.75) is 25.2 Å². The zero-order valence-electron chi connectivity index (χ0n) is 9.90. The molecule has 2 N–H and O–H groups in total. The summed E-state index contributed by atoms with van der Waals surface area (Å²) in [6.45, 7) is 0. The standard InChI is InChI=1S/C14H14N2O2/c17-13-11-8-10(9-4-2-1-3-5-9)6-7-12(11)15-14(18)16-13/h1-5,10H,6-8H2,(H2,15,16,17,18)/t10-/m0/s1. The SMILES string of the molecule is O=c1[nH]c2c(c(=O)[nH]1)C[C@@H](c1ccccc1)CC2. The Labute approximate surface area is 104 Å². The molecule has 0 radical (unpaired) electrons. The van der Waals surface area contributed by atoms with Gasteiger partial charge in [0, 0.05) is 11.3 Å². The molecule has 3 rings (SSSR count). The molecule has 92 valence electrons. The number of aryl methyl sites for hydroxylation is 1. The van der Waals surface area contributed by atoms with Crippen LogP contribution in [0.3, 0.4) is 0 Å². The molecule has 1 aliphatic rings. The quantitative estimate of drug-likeness (QED) is 0.792. The lowest BCUT2D eigenvalue weighted by Crippen LogP contribution is -2.31. The summed E-state index contributed by atoms with van der Waals surface area (Å²) in [5, 5.41) is 0. The van der Waals surface area contributed by atoms with Gasteiger partial charge in [-0.1, -0.05) is 30.3 Å². The van der Waals surface area contributed by atoms with E-state index in [4.69, 9.17) is 0 Å². The van der Waals surface area contributed by atoms with Crippen LogP contribution in [0, 0.1) is 0 Å². The number of aromatic nitrogens is 2. The second-order valence-electron chi connectivity index (χ2n) is 4.72. The molecule has 0 aliphatic heterocycles. The second kappa shape index (κ2) is 4.29. The zero-order valence-corrected chi connectivity index (χ0v) is 9.90. The lowest BCUT2D eigenvalue weighted by Gasteiger charge is -2.23. The van der Waals surface area contributed by atoms with Crippen LogP contribution in [0.5, 0.6) is 0 Å². The topological polar surface area (TPSA) is 65.7 Å². The predicted octanol–water partition coefficient (Wildman–Crippen LogP) is 1.34. The van der Waals surface area contributed by atoms with Crippen LogP contribution in [0.4, 0.5) is 0 Å². The fourth-order valence-corrected chi connectivity index (χ4v) is 2.67. The van der Waals surface area contributed by atoms with E-state index < -0.39 is 5.69 Å². The van der Waals surface area contributed by atoms with Crippen LogP contribution in [-0.4, -0.2) is 9.97 Å². The van der Waals surface area contributed by atoms with E-state index in [-0.39, 0.29) is 5.56 Å². The Morgan fingerprint density at radius 3 is 2.61 bits per heavy atom. The summed E-state index contributed by atoms with van der Waals surface area (Å²) in [4.78, 5) is 28.0. The summed E-state index contributed by atoms with van der Waals surface area (Å²) in [5.74, 6) is 0.366. The van der Waals surface area contributed by atoms with Gasteiger partial charge in [-0.15, -0.1) is 0 Å². The number of H-pyrrole nitrogens is 2. The van der Waals surface area contributed by atoms with Crippen molar-refractivity contribution in [2.75, 3.05) is 0 Å². The average molecular weight is 242 g/mol. The Bertz CT molecular complexity index is 670. The largest absolute Gasteiger partial charge is 0.325 e. The number of hydrogen-bond donors (Lipinski definition) is 2. The van der Waals surface area contributed by atoms with Crippen molar-refractivity contribution in [2.24, 2.45) is 0 Å². The molecule has 18 heavy (non-hydrogen) atoms. The van der Waals surface area contributed by atoms with E-state index in [1.54, 1.807) is 0 Å². The fourth-order valence-electron chi connectivity index (χ4n) is 2.67. The average Bonchev–Trinajstić information content (AvgIpc) is 2.39. The molecule has 0 saturated carbocycles. The van der Waals surface area contributed by atoms with Gasteiger partial charge in [0.1, 0.15) is 0 Å². The van der Waals surface area contributed by atoms with Crippen LogP contribution < -0.4 is 11.2 Å². The van der Waals surface area contributed by atoms with E-state index in [0.29, 0.717) is 12.3 Å². The minimum Gasteiger partial charge on any atom is -0.311 e. The van der Waals surface area contributed by atoms with E-state index in [0.717, 1.165) is 24.1 Å². The van der Waals surface area contributed by atoms with E-state index in [2.05, 4.69) is 22.1 Å². The highest BCUT2D eigenvalue weighted by molar-refractivity contribution is 5.28. The van der Waals surface area contributed by atoms with Crippen molar-refractivity contribution >= 4 is 0 Å². The second-order valence-corrected chi connectivity index (χ2v) is 4.72. The molecule has 1 aliphatic carbocycles. The van der Waals surface area contributed by atoms with E-state index in [1.807, 2.05) is 18.2 Å². The van der Waals surface area contributed by atoms with Crippen LogP contribution in [-0.2, 0) is 12.8 Å². The zero-order chi connectivity index (χ0) is 12.5. The molecule has 0 spiro atoms. The summed E-state index contributed by atoms with van der Waals surface area (Å²) in [6.07, 6.45) is 2.43. The van der Waals surface area contributed by atoms with Gasteiger partial charge in [0.2, 0.25) is 0 Å². The van der Waals surface area contributed by atoms with Crippen molar-refractivity contribution in [3.8, 4) is 0 Å². The Morgan fingerprint density at radius 1 is 1.06 bits per heavy atom. The molecule has 1 atom stereocenters. The normalized spacial score (nSPS) is 18.3. The van der Waals surface area contributed by atoms with Gasteiger partial charge < -0.3 is 4.98 Å². The lowest BCUT2D eigenvalue weighted by molar-refractivity contribution is 0.564. The Balaban J connectivity index is 1.99. The van der Waals surface area contributed by atoms with Gasteiger partial charge in [-0.2, -0.15) is 0 Å². The maximum atomic E-state index is 11.8. The maximum Gasteiger partial charge on any atom is 0.325 e. The Kier molecular flexibility index (Phi) is 2.63. The molecule has 1 aromatic heterocycles. The Morgan fingerprint density at radius 2 is 1.83 bits per heavy atom. The first-order valence-electron chi connectivity index (χ1n) is 6.13. The van der Waals surface area contributed by atoms with Gasteiger partial charge in [-0.3, -0.25) is 9.78 Å². The van der Waals surface area contributed by atoms with Crippen molar-refractivity contribution < 1.29 is 0 Å². The molecule has 0 saturated heterocycles. The summed E-state index contributed by atoms with van der Waals surface area (Å²) < 4.78 is 0. The first-order valence-corrected chi connectivity index (χ1v) is 6.13. The molecular formula is C14H14N2O2. The van der Waals surface area contributed by atoms with Crippen LogP contribution in [0.15, 0.2) is 39.9 Å². The summed E-state index contributed by atoms with van der Waals surface area (Å²) in [6, 6.07) is 10.2. The molecular weight excluding hydrogens is 228 g/mol. The molecule has 0 amide bonds. The third kappa shape index (κ3) is 1.90. The highest BCUT2D eigenvalue weighted by Gasteiger charge is 2.22. The number of benzene rings is 1. The third-order valence-corrected chi connectivity index (χ3v) is 3.59. The van der Waals surface area contributed by atoms with Gasteiger partial charge in [-0.05, 0) is 30.7 Å². The molecule has 2 aromatic rings. The van der Waals surface area contributed by atoms with Crippen LogP contribution in [0.2, 0.25) is 0 Å².